The molecule has 1 aliphatic carbocycles. The van der Waals surface area contributed by atoms with Gasteiger partial charge in [-0.3, -0.25) is 0 Å². The maximum Gasteiger partial charge on any atom is 0.123 e. The summed E-state index contributed by atoms with van der Waals surface area (Å²) in [6, 6.07) is 12.8. The van der Waals surface area contributed by atoms with E-state index >= 15 is 0 Å². The predicted octanol–water partition coefficient (Wildman–Crippen LogP) is 4.21. The van der Waals surface area contributed by atoms with E-state index in [1.807, 2.05) is 0 Å². The number of benzene rings is 2. The Morgan fingerprint density at radius 3 is 1.92 bits per heavy atom. The van der Waals surface area contributed by atoms with Crippen molar-refractivity contribution in [1.29, 1.82) is 0 Å². The molecule has 4 heteroatoms. The molecular formula is C20H21F2NO. The third-order valence-corrected chi connectivity index (χ3v) is 5.33. The second kappa shape index (κ2) is 6.26. The van der Waals surface area contributed by atoms with Crippen molar-refractivity contribution in [3.05, 3.63) is 71.3 Å². The number of hydrogen-bond donors (Lipinski definition) is 1. The average molecular weight is 329 g/mol. The summed E-state index contributed by atoms with van der Waals surface area (Å²) in [5.74, 6) is -0.535. The Morgan fingerprint density at radius 1 is 0.917 bits per heavy atom. The van der Waals surface area contributed by atoms with Gasteiger partial charge in [0.1, 0.15) is 17.7 Å². The van der Waals surface area contributed by atoms with Crippen molar-refractivity contribution >= 4 is 0 Å². The van der Waals surface area contributed by atoms with Gasteiger partial charge >= 0.3 is 0 Å². The number of rotatable bonds is 4. The minimum absolute atomic E-state index is 0.199. The van der Waals surface area contributed by atoms with E-state index in [0.29, 0.717) is 5.41 Å². The number of hydrogen-bond acceptors (Lipinski definition) is 2. The highest BCUT2D eigenvalue weighted by molar-refractivity contribution is 5.30. The van der Waals surface area contributed by atoms with Crippen LogP contribution in [0.2, 0.25) is 0 Å². The van der Waals surface area contributed by atoms with Gasteiger partial charge < -0.3 is 10.1 Å². The lowest BCUT2D eigenvalue weighted by Crippen LogP contribution is -2.44. The molecule has 1 N–H and O–H groups in total. The maximum atomic E-state index is 13.2. The van der Waals surface area contributed by atoms with Gasteiger partial charge in [-0.1, -0.05) is 24.3 Å². The SMILES string of the molecule is Fc1ccc(C(OC2CC3(CCNC3)C2)c2ccc(F)cc2)cc1. The smallest absolute Gasteiger partial charge is 0.123 e. The van der Waals surface area contributed by atoms with Crippen molar-refractivity contribution in [1.82, 2.24) is 5.32 Å². The van der Waals surface area contributed by atoms with Crippen LogP contribution in [0.25, 0.3) is 0 Å². The van der Waals surface area contributed by atoms with Crippen molar-refractivity contribution in [2.24, 2.45) is 5.41 Å². The third-order valence-electron chi connectivity index (χ3n) is 5.33. The fourth-order valence-electron chi connectivity index (χ4n) is 3.96. The molecule has 2 aromatic carbocycles. The molecule has 24 heavy (non-hydrogen) atoms. The molecule has 0 bridgehead atoms. The van der Waals surface area contributed by atoms with Gasteiger partial charge in [-0.2, -0.15) is 0 Å². The first kappa shape index (κ1) is 15.7. The molecule has 2 fully saturated rings. The molecule has 0 radical (unpaired) electrons. The van der Waals surface area contributed by atoms with Gasteiger partial charge in [0.2, 0.25) is 0 Å². The van der Waals surface area contributed by atoms with Crippen LogP contribution in [-0.4, -0.2) is 19.2 Å². The molecule has 2 aliphatic rings. The summed E-state index contributed by atoms with van der Waals surface area (Å²) in [7, 11) is 0. The molecule has 126 valence electrons. The van der Waals surface area contributed by atoms with Gasteiger partial charge in [0.05, 0.1) is 6.10 Å². The number of ether oxygens (including phenoxy) is 1. The van der Waals surface area contributed by atoms with Gasteiger partial charge in [0.25, 0.3) is 0 Å². The van der Waals surface area contributed by atoms with E-state index in [2.05, 4.69) is 5.32 Å². The summed E-state index contributed by atoms with van der Waals surface area (Å²) >= 11 is 0. The van der Waals surface area contributed by atoms with Gasteiger partial charge in [-0.15, -0.1) is 0 Å². The first-order valence-electron chi connectivity index (χ1n) is 8.51. The van der Waals surface area contributed by atoms with Crippen LogP contribution in [-0.2, 0) is 4.74 Å². The average Bonchev–Trinajstić information content (AvgIpc) is 3.04. The second-order valence-corrected chi connectivity index (χ2v) is 7.08. The predicted molar refractivity (Wildman–Crippen MR) is 88.7 cm³/mol. The molecule has 1 saturated heterocycles. The normalized spacial score (nSPS) is 26.0. The highest BCUT2D eigenvalue weighted by Gasteiger charge is 2.47. The fraction of sp³-hybridized carbons (Fsp3) is 0.400. The zero-order valence-electron chi connectivity index (χ0n) is 13.5. The summed E-state index contributed by atoms with van der Waals surface area (Å²) in [5, 5.41) is 3.43. The Labute approximate surface area is 140 Å². The monoisotopic (exact) mass is 329 g/mol. The van der Waals surface area contributed by atoms with Gasteiger partial charge in [0, 0.05) is 6.54 Å². The lowest BCUT2D eigenvalue weighted by Gasteiger charge is -2.45. The fourth-order valence-corrected chi connectivity index (χ4v) is 3.96. The van der Waals surface area contributed by atoms with Crippen molar-refractivity contribution < 1.29 is 13.5 Å². The summed E-state index contributed by atoms with van der Waals surface area (Å²) < 4.78 is 32.8. The summed E-state index contributed by atoms with van der Waals surface area (Å²) in [6.07, 6.45) is 3.23. The lowest BCUT2D eigenvalue weighted by atomic mass is 9.66. The Morgan fingerprint density at radius 2 is 1.46 bits per heavy atom. The molecular weight excluding hydrogens is 308 g/mol. The minimum Gasteiger partial charge on any atom is -0.366 e. The van der Waals surface area contributed by atoms with Crippen LogP contribution < -0.4 is 5.32 Å². The summed E-state index contributed by atoms with van der Waals surface area (Å²) in [6.45, 7) is 2.16. The highest BCUT2D eigenvalue weighted by Crippen LogP contribution is 2.49. The molecule has 0 atom stereocenters. The van der Waals surface area contributed by atoms with Crippen LogP contribution in [0.15, 0.2) is 48.5 Å². The maximum absolute atomic E-state index is 13.2. The summed E-state index contributed by atoms with van der Waals surface area (Å²) in [4.78, 5) is 0. The molecule has 0 aromatic heterocycles. The molecule has 2 nitrogen and oxygen atoms in total. The van der Waals surface area contributed by atoms with Gasteiger partial charge in [0.15, 0.2) is 0 Å². The number of nitrogens with one attached hydrogen (secondary N) is 1. The van der Waals surface area contributed by atoms with Crippen molar-refractivity contribution in [2.45, 2.75) is 31.5 Å². The zero-order valence-corrected chi connectivity index (χ0v) is 13.5. The first-order valence-corrected chi connectivity index (χ1v) is 8.51. The van der Waals surface area contributed by atoms with Crippen LogP contribution in [0.1, 0.15) is 36.5 Å². The summed E-state index contributed by atoms with van der Waals surface area (Å²) in [5.41, 5.74) is 2.20. The van der Waals surface area contributed by atoms with Crippen LogP contribution in [0.5, 0.6) is 0 Å². The van der Waals surface area contributed by atoms with E-state index < -0.39 is 0 Å². The van der Waals surface area contributed by atoms with Crippen LogP contribution in [0.4, 0.5) is 8.78 Å². The Kier molecular flexibility index (Phi) is 4.10. The van der Waals surface area contributed by atoms with Crippen LogP contribution in [0, 0.1) is 17.0 Å². The van der Waals surface area contributed by atoms with E-state index in [9.17, 15) is 8.78 Å². The highest BCUT2D eigenvalue weighted by atomic mass is 19.1. The minimum atomic E-state index is -0.289. The lowest BCUT2D eigenvalue weighted by molar-refractivity contribution is -0.0974. The number of halogens is 2. The molecule has 1 heterocycles. The molecule has 0 unspecified atom stereocenters. The molecule has 1 spiro atoms. The Bertz CT molecular complexity index is 639. The van der Waals surface area contributed by atoms with E-state index in [4.69, 9.17) is 4.74 Å². The molecule has 0 amide bonds. The standard InChI is InChI=1S/C20H21F2NO/c21-16-5-1-14(2-6-16)19(15-3-7-17(22)8-4-15)24-18-11-20(12-18)9-10-23-13-20/h1-8,18-19,23H,9-13H2. The molecule has 2 aromatic rings. The van der Waals surface area contributed by atoms with Crippen LogP contribution in [0.3, 0.4) is 0 Å². The second-order valence-electron chi connectivity index (χ2n) is 7.08. The Hall–Kier alpha value is -1.78. The third kappa shape index (κ3) is 3.08. The van der Waals surface area contributed by atoms with Crippen molar-refractivity contribution in [3.8, 4) is 0 Å². The molecule has 4 rings (SSSR count). The largest absolute Gasteiger partial charge is 0.366 e. The molecule has 1 aliphatic heterocycles. The van der Waals surface area contributed by atoms with Gasteiger partial charge in [-0.05, 0) is 66.6 Å². The van der Waals surface area contributed by atoms with Crippen molar-refractivity contribution in [2.75, 3.05) is 13.1 Å². The quantitative estimate of drug-likeness (QED) is 0.907. The van der Waals surface area contributed by atoms with E-state index in [0.717, 1.165) is 37.1 Å². The van der Waals surface area contributed by atoms with E-state index in [1.54, 1.807) is 24.3 Å². The van der Waals surface area contributed by atoms with E-state index in [1.165, 1.54) is 30.7 Å². The van der Waals surface area contributed by atoms with E-state index in [-0.39, 0.29) is 23.8 Å². The molecule has 1 saturated carbocycles. The first-order chi connectivity index (χ1) is 11.6. The van der Waals surface area contributed by atoms with Crippen LogP contribution >= 0.6 is 0 Å². The topological polar surface area (TPSA) is 21.3 Å². The zero-order chi connectivity index (χ0) is 16.6. The van der Waals surface area contributed by atoms with Gasteiger partial charge in [-0.25, -0.2) is 8.78 Å². The van der Waals surface area contributed by atoms with Crippen molar-refractivity contribution in [3.63, 3.8) is 0 Å². The Balaban J connectivity index is 1.54.